The Kier molecular flexibility index (Phi) is 5.36. The Morgan fingerprint density at radius 3 is 2.59 bits per heavy atom. The molecule has 0 bridgehead atoms. The number of likely N-dealkylation sites (N-methyl/N-ethyl adjacent to an activating group) is 1. The molecule has 1 aliphatic rings. The van der Waals surface area contributed by atoms with E-state index in [0.717, 1.165) is 13.1 Å². The lowest BCUT2D eigenvalue weighted by Gasteiger charge is -2.45. The molecule has 0 heterocycles. The number of nitrogens with zero attached hydrogens (tertiary/aromatic N) is 1. The van der Waals surface area contributed by atoms with Gasteiger partial charge in [-0.05, 0) is 21.0 Å². The minimum atomic E-state index is -0.523. The summed E-state index contributed by atoms with van der Waals surface area (Å²) in [4.78, 5) is 13.9. The topological polar surface area (TPSA) is 50.8 Å². The number of methoxy groups -OCH3 is 1. The molecule has 0 saturated heterocycles. The standard InChI is InChI=1S/C12H24N2O3/c1-5-17-10-8-12(9-10,11(15)16-4)13-6-7-14(2)3/h10,13H,5-9H2,1-4H3. The number of ether oxygens (including phenoxy) is 2. The van der Waals surface area contributed by atoms with E-state index in [4.69, 9.17) is 9.47 Å². The van der Waals surface area contributed by atoms with E-state index in [9.17, 15) is 4.79 Å². The van der Waals surface area contributed by atoms with Gasteiger partial charge in [0.05, 0.1) is 13.2 Å². The van der Waals surface area contributed by atoms with Gasteiger partial charge in [0, 0.05) is 32.5 Å². The second-order valence-electron chi connectivity index (χ2n) is 4.79. The number of rotatable bonds is 7. The van der Waals surface area contributed by atoms with Crippen LogP contribution in [0.1, 0.15) is 19.8 Å². The molecule has 0 unspecified atom stereocenters. The quantitative estimate of drug-likeness (QED) is 0.651. The molecule has 1 rings (SSSR count). The van der Waals surface area contributed by atoms with Crippen LogP contribution >= 0.6 is 0 Å². The molecule has 5 nitrogen and oxygen atoms in total. The van der Waals surface area contributed by atoms with Crippen molar-refractivity contribution in [2.45, 2.75) is 31.4 Å². The van der Waals surface area contributed by atoms with E-state index in [1.54, 1.807) is 0 Å². The summed E-state index contributed by atoms with van der Waals surface area (Å²) in [6.45, 7) is 4.34. The van der Waals surface area contributed by atoms with Crippen LogP contribution in [-0.4, -0.2) is 63.4 Å². The van der Waals surface area contributed by atoms with Gasteiger partial charge in [0.1, 0.15) is 5.54 Å². The maximum atomic E-state index is 11.8. The number of hydrogen-bond donors (Lipinski definition) is 1. The molecule has 1 fully saturated rings. The van der Waals surface area contributed by atoms with E-state index in [1.165, 1.54) is 7.11 Å². The number of nitrogens with one attached hydrogen (secondary N) is 1. The fraction of sp³-hybridized carbons (Fsp3) is 0.917. The maximum Gasteiger partial charge on any atom is 0.326 e. The Hall–Kier alpha value is -0.650. The second-order valence-corrected chi connectivity index (χ2v) is 4.79. The van der Waals surface area contributed by atoms with Crippen molar-refractivity contribution in [3.63, 3.8) is 0 Å². The normalized spacial score (nSPS) is 27.9. The zero-order valence-electron chi connectivity index (χ0n) is 11.3. The first kappa shape index (κ1) is 14.4. The molecular formula is C12H24N2O3. The molecule has 5 heteroatoms. The minimum absolute atomic E-state index is 0.174. The highest BCUT2D eigenvalue weighted by molar-refractivity contribution is 5.82. The van der Waals surface area contributed by atoms with Crippen LogP contribution in [0.15, 0.2) is 0 Å². The molecule has 1 aliphatic carbocycles. The first-order chi connectivity index (χ1) is 8.04. The highest BCUT2D eigenvalue weighted by Gasteiger charge is 2.51. The van der Waals surface area contributed by atoms with Crippen LogP contribution in [0.2, 0.25) is 0 Å². The van der Waals surface area contributed by atoms with Crippen LogP contribution in [0.25, 0.3) is 0 Å². The van der Waals surface area contributed by atoms with Crippen LogP contribution < -0.4 is 5.32 Å². The molecule has 0 aromatic rings. The Bertz CT molecular complexity index is 250. The van der Waals surface area contributed by atoms with Gasteiger partial charge in [0.15, 0.2) is 0 Å². The number of hydrogen-bond acceptors (Lipinski definition) is 5. The first-order valence-corrected chi connectivity index (χ1v) is 6.14. The van der Waals surface area contributed by atoms with Crippen molar-refractivity contribution in [1.82, 2.24) is 10.2 Å². The summed E-state index contributed by atoms with van der Waals surface area (Å²) < 4.78 is 10.4. The molecule has 17 heavy (non-hydrogen) atoms. The van der Waals surface area contributed by atoms with Crippen LogP contribution in [-0.2, 0) is 14.3 Å². The summed E-state index contributed by atoms with van der Waals surface area (Å²) >= 11 is 0. The van der Waals surface area contributed by atoms with Crippen molar-refractivity contribution >= 4 is 5.97 Å². The van der Waals surface area contributed by atoms with Crippen molar-refractivity contribution < 1.29 is 14.3 Å². The number of esters is 1. The molecule has 0 atom stereocenters. The predicted octanol–water partition coefficient (Wildman–Crippen LogP) is 0.248. The van der Waals surface area contributed by atoms with E-state index in [1.807, 2.05) is 21.0 Å². The third-order valence-electron chi connectivity index (χ3n) is 3.15. The molecule has 100 valence electrons. The van der Waals surface area contributed by atoms with Crippen molar-refractivity contribution in [3.05, 3.63) is 0 Å². The second kappa shape index (κ2) is 6.33. The van der Waals surface area contributed by atoms with E-state index in [2.05, 4.69) is 10.2 Å². The summed E-state index contributed by atoms with van der Waals surface area (Å²) in [6, 6.07) is 0. The van der Waals surface area contributed by atoms with Crippen LogP contribution in [0.4, 0.5) is 0 Å². The first-order valence-electron chi connectivity index (χ1n) is 6.14. The van der Waals surface area contributed by atoms with Gasteiger partial charge in [0.2, 0.25) is 0 Å². The van der Waals surface area contributed by atoms with E-state index < -0.39 is 5.54 Å². The average molecular weight is 244 g/mol. The van der Waals surface area contributed by atoms with Crippen molar-refractivity contribution in [1.29, 1.82) is 0 Å². The average Bonchev–Trinajstić information content (AvgIpc) is 2.23. The highest BCUT2D eigenvalue weighted by atomic mass is 16.5. The molecule has 1 N–H and O–H groups in total. The van der Waals surface area contributed by atoms with Crippen molar-refractivity contribution in [3.8, 4) is 0 Å². The lowest BCUT2D eigenvalue weighted by Crippen LogP contribution is -2.64. The fourth-order valence-electron chi connectivity index (χ4n) is 2.17. The van der Waals surface area contributed by atoms with Crippen molar-refractivity contribution in [2.24, 2.45) is 0 Å². The van der Waals surface area contributed by atoms with E-state index in [-0.39, 0.29) is 12.1 Å². The number of carbonyl (C=O) groups excluding carboxylic acids is 1. The minimum Gasteiger partial charge on any atom is -0.468 e. The van der Waals surface area contributed by atoms with Crippen molar-refractivity contribution in [2.75, 3.05) is 40.9 Å². The molecule has 0 amide bonds. The van der Waals surface area contributed by atoms with Gasteiger partial charge >= 0.3 is 5.97 Å². The monoisotopic (exact) mass is 244 g/mol. The summed E-state index contributed by atoms with van der Waals surface area (Å²) in [5, 5.41) is 3.31. The molecule has 0 aliphatic heterocycles. The third-order valence-corrected chi connectivity index (χ3v) is 3.15. The molecular weight excluding hydrogens is 220 g/mol. The van der Waals surface area contributed by atoms with Gasteiger partial charge in [0.25, 0.3) is 0 Å². The summed E-state index contributed by atoms with van der Waals surface area (Å²) in [7, 11) is 5.46. The Morgan fingerprint density at radius 1 is 1.47 bits per heavy atom. The summed E-state index contributed by atoms with van der Waals surface area (Å²) in [5.74, 6) is -0.174. The Morgan fingerprint density at radius 2 is 2.12 bits per heavy atom. The molecule has 0 radical (unpaired) electrons. The van der Waals surface area contributed by atoms with Gasteiger partial charge in [-0.1, -0.05) is 0 Å². The lowest BCUT2D eigenvalue weighted by molar-refractivity contribution is -0.161. The lowest BCUT2D eigenvalue weighted by atomic mass is 9.74. The zero-order valence-corrected chi connectivity index (χ0v) is 11.3. The Balaban J connectivity index is 2.43. The van der Waals surface area contributed by atoms with Crippen LogP contribution in [0, 0.1) is 0 Å². The number of carbonyl (C=O) groups is 1. The Labute approximate surface area is 103 Å². The molecule has 0 aromatic carbocycles. The maximum absolute atomic E-state index is 11.8. The SMILES string of the molecule is CCOC1CC(NCCN(C)C)(C(=O)OC)C1. The van der Waals surface area contributed by atoms with Crippen LogP contribution in [0.3, 0.4) is 0 Å². The molecule has 0 spiro atoms. The molecule has 1 saturated carbocycles. The zero-order chi connectivity index (χ0) is 12.9. The van der Waals surface area contributed by atoms with E-state index >= 15 is 0 Å². The summed E-state index contributed by atoms with van der Waals surface area (Å²) in [6.07, 6.45) is 1.60. The highest BCUT2D eigenvalue weighted by Crippen LogP contribution is 2.35. The van der Waals surface area contributed by atoms with E-state index in [0.29, 0.717) is 19.4 Å². The van der Waals surface area contributed by atoms with Gasteiger partial charge < -0.3 is 19.7 Å². The van der Waals surface area contributed by atoms with Crippen LogP contribution in [0.5, 0.6) is 0 Å². The van der Waals surface area contributed by atoms with Gasteiger partial charge in [-0.3, -0.25) is 4.79 Å². The van der Waals surface area contributed by atoms with Gasteiger partial charge in [-0.25, -0.2) is 0 Å². The fourth-order valence-corrected chi connectivity index (χ4v) is 2.17. The summed E-state index contributed by atoms with van der Waals surface area (Å²) in [5.41, 5.74) is -0.523. The van der Waals surface area contributed by atoms with Gasteiger partial charge in [-0.15, -0.1) is 0 Å². The van der Waals surface area contributed by atoms with Gasteiger partial charge in [-0.2, -0.15) is 0 Å². The molecule has 0 aromatic heterocycles. The largest absolute Gasteiger partial charge is 0.468 e. The third kappa shape index (κ3) is 3.66. The predicted molar refractivity (Wildman–Crippen MR) is 66.0 cm³/mol. The smallest absolute Gasteiger partial charge is 0.326 e.